The Morgan fingerprint density at radius 1 is 1.48 bits per heavy atom. The van der Waals surface area contributed by atoms with Gasteiger partial charge in [-0.2, -0.15) is 0 Å². The van der Waals surface area contributed by atoms with Crippen molar-refractivity contribution in [1.29, 1.82) is 0 Å². The van der Waals surface area contributed by atoms with Crippen LogP contribution in [0.15, 0.2) is 29.2 Å². The first-order chi connectivity index (χ1) is 9.88. The van der Waals surface area contributed by atoms with E-state index in [0.717, 1.165) is 6.54 Å². The van der Waals surface area contributed by atoms with Gasteiger partial charge in [0.1, 0.15) is 4.99 Å². The van der Waals surface area contributed by atoms with E-state index in [2.05, 4.69) is 9.62 Å². The molecule has 0 spiro atoms. The SMILES string of the molecule is CN1CCOC(CNS(=O)(=O)c2ccc(C(N)=S)cc2)C1. The Bertz CT molecular complexity index is 602. The maximum Gasteiger partial charge on any atom is 0.240 e. The lowest BCUT2D eigenvalue weighted by Gasteiger charge is -2.30. The Kier molecular flexibility index (Phi) is 5.28. The molecule has 0 bridgehead atoms. The molecular formula is C13H19N3O3S2. The molecule has 0 amide bonds. The van der Waals surface area contributed by atoms with E-state index in [9.17, 15) is 8.42 Å². The minimum absolute atomic E-state index is 0.130. The maximum atomic E-state index is 12.2. The molecule has 21 heavy (non-hydrogen) atoms. The van der Waals surface area contributed by atoms with Crippen LogP contribution in [0, 0.1) is 0 Å². The lowest BCUT2D eigenvalue weighted by Crippen LogP contribution is -2.45. The molecule has 1 fully saturated rings. The normalized spacial score (nSPS) is 20.3. The number of hydrogen-bond donors (Lipinski definition) is 2. The first kappa shape index (κ1) is 16.3. The van der Waals surface area contributed by atoms with Gasteiger partial charge in [0.15, 0.2) is 0 Å². The number of sulfonamides is 1. The van der Waals surface area contributed by atoms with Crippen LogP contribution in [0.2, 0.25) is 0 Å². The fourth-order valence-corrected chi connectivity index (χ4v) is 3.28. The number of benzene rings is 1. The molecule has 1 heterocycles. The highest BCUT2D eigenvalue weighted by molar-refractivity contribution is 7.89. The molecule has 6 nitrogen and oxygen atoms in total. The summed E-state index contributed by atoms with van der Waals surface area (Å²) in [7, 11) is -1.57. The minimum atomic E-state index is -3.55. The number of ether oxygens (including phenoxy) is 1. The highest BCUT2D eigenvalue weighted by Crippen LogP contribution is 2.11. The monoisotopic (exact) mass is 329 g/mol. The Labute approximate surface area is 130 Å². The topological polar surface area (TPSA) is 84.7 Å². The highest BCUT2D eigenvalue weighted by atomic mass is 32.2. The summed E-state index contributed by atoms with van der Waals surface area (Å²) in [6, 6.07) is 6.18. The molecular weight excluding hydrogens is 310 g/mol. The van der Waals surface area contributed by atoms with Crippen LogP contribution in [-0.4, -0.2) is 57.7 Å². The molecule has 1 aromatic carbocycles. The minimum Gasteiger partial charge on any atom is -0.389 e. The van der Waals surface area contributed by atoms with Crippen LogP contribution < -0.4 is 10.5 Å². The third-order valence-electron chi connectivity index (χ3n) is 3.29. The molecule has 0 aromatic heterocycles. The van der Waals surface area contributed by atoms with Crippen molar-refractivity contribution in [3.8, 4) is 0 Å². The van der Waals surface area contributed by atoms with E-state index in [-0.39, 0.29) is 22.5 Å². The van der Waals surface area contributed by atoms with Gasteiger partial charge in [0.05, 0.1) is 17.6 Å². The van der Waals surface area contributed by atoms with Crippen LogP contribution >= 0.6 is 12.2 Å². The van der Waals surface area contributed by atoms with Crippen molar-refractivity contribution >= 4 is 27.2 Å². The van der Waals surface area contributed by atoms with Gasteiger partial charge in [-0.3, -0.25) is 0 Å². The molecule has 0 aliphatic carbocycles. The number of likely N-dealkylation sites (N-methyl/N-ethyl adjacent to an activating group) is 1. The van der Waals surface area contributed by atoms with Crippen molar-refractivity contribution in [3.05, 3.63) is 29.8 Å². The number of nitrogens with zero attached hydrogens (tertiary/aromatic N) is 1. The number of rotatable bonds is 5. The van der Waals surface area contributed by atoms with Gasteiger partial charge >= 0.3 is 0 Å². The van der Waals surface area contributed by atoms with E-state index in [1.54, 1.807) is 12.1 Å². The van der Waals surface area contributed by atoms with Crippen molar-refractivity contribution in [2.75, 3.05) is 33.3 Å². The number of thiocarbonyl (C=S) groups is 1. The van der Waals surface area contributed by atoms with Gasteiger partial charge in [-0.15, -0.1) is 0 Å². The zero-order valence-corrected chi connectivity index (χ0v) is 13.4. The molecule has 1 atom stereocenters. The second-order valence-corrected chi connectivity index (χ2v) is 7.20. The third-order valence-corrected chi connectivity index (χ3v) is 4.97. The number of hydrogen-bond acceptors (Lipinski definition) is 5. The standard InChI is InChI=1S/C13H19N3O3S2/c1-16-6-7-19-11(9-16)8-15-21(17,18)12-4-2-10(3-5-12)13(14)20/h2-5,11,15H,6-9H2,1H3,(H2,14,20). The summed E-state index contributed by atoms with van der Waals surface area (Å²) in [6.07, 6.45) is -0.130. The number of morpholine rings is 1. The van der Waals surface area contributed by atoms with Crippen molar-refractivity contribution in [2.24, 2.45) is 5.73 Å². The van der Waals surface area contributed by atoms with Crippen LogP contribution in [0.4, 0.5) is 0 Å². The predicted octanol–water partition coefficient (Wildman–Crippen LogP) is -0.0703. The molecule has 1 saturated heterocycles. The summed E-state index contributed by atoms with van der Waals surface area (Å²) in [5, 5.41) is 0. The van der Waals surface area contributed by atoms with Crippen molar-refractivity contribution in [2.45, 2.75) is 11.0 Å². The van der Waals surface area contributed by atoms with E-state index in [0.29, 0.717) is 18.7 Å². The largest absolute Gasteiger partial charge is 0.389 e. The van der Waals surface area contributed by atoms with E-state index in [1.165, 1.54) is 12.1 Å². The molecule has 116 valence electrons. The molecule has 8 heteroatoms. The van der Waals surface area contributed by atoms with Gasteiger partial charge in [-0.1, -0.05) is 24.4 Å². The van der Waals surface area contributed by atoms with Gasteiger partial charge < -0.3 is 15.4 Å². The average Bonchev–Trinajstić information content (AvgIpc) is 2.45. The lowest BCUT2D eigenvalue weighted by molar-refractivity contribution is -0.0156. The Hall–Kier alpha value is -1.06. The fourth-order valence-electron chi connectivity index (χ4n) is 2.07. The van der Waals surface area contributed by atoms with E-state index in [4.69, 9.17) is 22.7 Å². The zero-order valence-electron chi connectivity index (χ0n) is 11.8. The predicted molar refractivity (Wildman–Crippen MR) is 84.8 cm³/mol. The molecule has 1 aliphatic heterocycles. The molecule has 2 rings (SSSR count). The van der Waals surface area contributed by atoms with Gasteiger partial charge in [-0.25, -0.2) is 13.1 Å². The second kappa shape index (κ2) is 6.80. The summed E-state index contributed by atoms with van der Waals surface area (Å²) in [4.78, 5) is 2.54. The van der Waals surface area contributed by atoms with Crippen LogP contribution in [0.3, 0.4) is 0 Å². The molecule has 3 N–H and O–H groups in total. The Morgan fingerprint density at radius 3 is 2.71 bits per heavy atom. The molecule has 0 radical (unpaired) electrons. The van der Waals surface area contributed by atoms with Gasteiger partial charge in [0.25, 0.3) is 0 Å². The second-order valence-electron chi connectivity index (χ2n) is 5.00. The van der Waals surface area contributed by atoms with Crippen molar-refractivity contribution < 1.29 is 13.2 Å². The summed E-state index contributed by atoms with van der Waals surface area (Å²) < 4.78 is 32.5. The molecule has 1 unspecified atom stereocenters. The molecule has 1 aliphatic rings. The van der Waals surface area contributed by atoms with Crippen LogP contribution in [-0.2, 0) is 14.8 Å². The van der Waals surface area contributed by atoms with Crippen LogP contribution in [0.1, 0.15) is 5.56 Å². The van der Waals surface area contributed by atoms with Crippen molar-refractivity contribution in [3.63, 3.8) is 0 Å². The molecule has 0 saturated carbocycles. The maximum absolute atomic E-state index is 12.2. The summed E-state index contributed by atoms with van der Waals surface area (Å²) >= 11 is 4.84. The van der Waals surface area contributed by atoms with E-state index < -0.39 is 10.0 Å². The average molecular weight is 329 g/mol. The van der Waals surface area contributed by atoms with Gasteiger partial charge in [0, 0.05) is 25.2 Å². The summed E-state index contributed by atoms with van der Waals surface area (Å²) in [6.45, 7) is 2.45. The first-order valence-corrected chi connectivity index (χ1v) is 8.47. The third kappa shape index (κ3) is 4.45. The van der Waals surface area contributed by atoms with Gasteiger partial charge in [-0.05, 0) is 19.2 Å². The highest BCUT2D eigenvalue weighted by Gasteiger charge is 2.21. The van der Waals surface area contributed by atoms with Gasteiger partial charge in [0.2, 0.25) is 10.0 Å². The zero-order chi connectivity index (χ0) is 15.5. The number of nitrogens with two attached hydrogens (primary N) is 1. The fraction of sp³-hybridized carbons (Fsp3) is 0.462. The van der Waals surface area contributed by atoms with E-state index in [1.807, 2.05) is 7.05 Å². The summed E-state index contributed by atoms with van der Waals surface area (Å²) in [5.74, 6) is 0. The lowest BCUT2D eigenvalue weighted by atomic mass is 10.2. The number of nitrogens with one attached hydrogen (secondary N) is 1. The van der Waals surface area contributed by atoms with Crippen LogP contribution in [0.25, 0.3) is 0 Å². The Morgan fingerprint density at radius 2 is 2.14 bits per heavy atom. The smallest absolute Gasteiger partial charge is 0.240 e. The Balaban J connectivity index is 1.99. The summed E-state index contributed by atoms with van der Waals surface area (Å²) in [5.41, 5.74) is 6.13. The van der Waals surface area contributed by atoms with Crippen LogP contribution in [0.5, 0.6) is 0 Å². The quantitative estimate of drug-likeness (QED) is 0.736. The van der Waals surface area contributed by atoms with Crippen molar-refractivity contribution in [1.82, 2.24) is 9.62 Å². The molecule has 1 aromatic rings. The first-order valence-electron chi connectivity index (χ1n) is 6.58. The van der Waals surface area contributed by atoms with E-state index >= 15 is 0 Å².